The van der Waals surface area contributed by atoms with Crippen LogP contribution in [-0.4, -0.2) is 12.1 Å². The number of halogens is 1. The number of fused-ring (bicyclic) bond motifs is 3. The van der Waals surface area contributed by atoms with E-state index in [9.17, 15) is 9.59 Å². The summed E-state index contributed by atoms with van der Waals surface area (Å²) in [5, 5.41) is 1.13. The van der Waals surface area contributed by atoms with Crippen LogP contribution in [0.15, 0.2) is 33.5 Å². The van der Waals surface area contributed by atoms with Gasteiger partial charge in [0.25, 0.3) is 0 Å². The van der Waals surface area contributed by atoms with E-state index in [0.717, 1.165) is 12.8 Å². The molecule has 132 valence electrons. The van der Waals surface area contributed by atoms with E-state index in [1.165, 1.54) is 12.5 Å². The van der Waals surface area contributed by atoms with Gasteiger partial charge in [0, 0.05) is 15.8 Å². The summed E-state index contributed by atoms with van der Waals surface area (Å²) in [5.41, 5.74) is -0.252. The topological polar surface area (TPSA) is 56.5 Å². The Kier molecular flexibility index (Phi) is 3.56. The first-order chi connectivity index (χ1) is 11.7. The van der Waals surface area contributed by atoms with E-state index in [-0.39, 0.29) is 22.5 Å². The SMILES string of the molecule is CC1(C)[C@H]2CC[C@]1(C)[C@H](OC(=O)c1cc3cc(Cl)ccc3oc1=O)C2. The van der Waals surface area contributed by atoms with Crippen molar-refractivity contribution in [3.63, 3.8) is 0 Å². The van der Waals surface area contributed by atoms with Crippen molar-refractivity contribution in [2.75, 3.05) is 0 Å². The van der Waals surface area contributed by atoms with Crippen LogP contribution in [0.25, 0.3) is 11.0 Å². The standard InChI is InChI=1S/C20H21ClO4/c1-19(2)12-6-7-20(19,3)16(10-12)25-18(23)14-9-11-8-13(21)4-5-15(11)24-17(14)22/h4-5,8-9,12,16H,6-7,10H2,1-3H3/t12-,16+,20+/m0/s1. The Bertz CT molecular complexity index is 929. The fourth-order valence-electron chi connectivity index (χ4n) is 4.74. The minimum atomic E-state index is -0.674. The second-order valence-corrected chi connectivity index (χ2v) is 8.57. The smallest absolute Gasteiger partial charge is 0.351 e. The minimum Gasteiger partial charge on any atom is -0.458 e. The second kappa shape index (κ2) is 5.34. The van der Waals surface area contributed by atoms with Gasteiger partial charge in [0.2, 0.25) is 0 Å². The van der Waals surface area contributed by atoms with Crippen molar-refractivity contribution < 1.29 is 13.9 Å². The van der Waals surface area contributed by atoms with Crippen molar-refractivity contribution in [2.24, 2.45) is 16.7 Å². The number of hydrogen-bond donors (Lipinski definition) is 0. The average Bonchev–Trinajstić information content (AvgIpc) is 2.88. The van der Waals surface area contributed by atoms with Gasteiger partial charge in [0.1, 0.15) is 17.3 Å². The second-order valence-electron chi connectivity index (χ2n) is 8.13. The van der Waals surface area contributed by atoms with Crippen molar-refractivity contribution >= 4 is 28.5 Å². The lowest BCUT2D eigenvalue weighted by Crippen LogP contribution is -2.38. The third-order valence-electron chi connectivity index (χ3n) is 6.88. The molecule has 0 saturated heterocycles. The number of ether oxygens (including phenoxy) is 1. The zero-order valence-electron chi connectivity index (χ0n) is 14.6. The molecule has 2 fully saturated rings. The molecule has 0 spiro atoms. The molecule has 0 amide bonds. The lowest BCUT2D eigenvalue weighted by atomic mass is 9.70. The highest BCUT2D eigenvalue weighted by Crippen LogP contribution is 2.66. The molecule has 0 unspecified atom stereocenters. The highest BCUT2D eigenvalue weighted by molar-refractivity contribution is 6.31. The first-order valence-corrected chi connectivity index (χ1v) is 9.04. The predicted molar refractivity (Wildman–Crippen MR) is 95.9 cm³/mol. The lowest BCUT2D eigenvalue weighted by Gasteiger charge is -2.38. The van der Waals surface area contributed by atoms with Gasteiger partial charge in [-0.2, -0.15) is 0 Å². The molecule has 2 aliphatic carbocycles. The number of esters is 1. The molecule has 3 atom stereocenters. The van der Waals surface area contributed by atoms with Gasteiger partial charge in [0.05, 0.1) is 0 Å². The molecule has 1 aromatic carbocycles. The van der Waals surface area contributed by atoms with Gasteiger partial charge >= 0.3 is 11.6 Å². The molecule has 2 bridgehead atoms. The molecular weight excluding hydrogens is 340 g/mol. The van der Waals surface area contributed by atoms with E-state index >= 15 is 0 Å². The summed E-state index contributed by atoms with van der Waals surface area (Å²) in [4.78, 5) is 24.9. The molecule has 0 N–H and O–H groups in total. The Morgan fingerprint density at radius 1 is 1.28 bits per heavy atom. The van der Waals surface area contributed by atoms with Gasteiger partial charge < -0.3 is 9.15 Å². The summed E-state index contributed by atoms with van der Waals surface area (Å²) in [6.07, 6.45) is 2.92. The molecule has 4 rings (SSSR count). The summed E-state index contributed by atoms with van der Waals surface area (Å²) in [6.45, 7) is 6.70. The molecule has 0 aliphatic heterocycles. The maximum absolute atomic E-state index is 12.7. The summed E-state index contributed by atoms with van der Waals surface area (Å²) >= 11 is 5.98. The number of benzene rings is 1. The number of rotatable bonds is 2. The van der Waals surface area contributed by atoms with Gasteiger partial charge in [-0.25, -0.2) is 9.59 Å². The van der Waals surface area contributed by atoms with E-state index in [2.05, 4.69) is 20.8 Å². The largest absolute Gasteiger partial charge is 0.458 e. The van der Waals surface area contributed by atoms with E-state index in [4.69, 9.17) is 20.8 Å². The van der Waals surface area contributed by atoms with Crippen LogP contribution in [0.4, 0.5) is 0 Å². The van der Waals surface area contributed by atoms with Crippen LogP contribution in [0, 0.1) is 16.7 Å². The minimum absolute atomic E-state index is 0.0479. The van der Waals surface area contributed by atoms with Gasteiger partial charge in [-0.05, 0) is 54.9 Å². The van der Waals surface area contributed by atoms with E-state index in [0.29, 0.717) is 21.9 Å². The van der Waals surface area contributed by atoms with Crippen molar-refractivity contribution in [2.45, 2.75) is 46.1 Å². The molecule has 0 radical (unpaired) electrons. The van der Waals surface area contributed by atoms with Crippen LogP contribution in [0.5, 0.6) is 0 Å². The van der Waals surface area contributed by atoms with Crippen molar-refractivity contribution in [1.29, 1.82) is 0 Å². The molecular formula is C20H21ClO4. The quantitative estimate of drug-likeness (QED) is 0.569. The van der Waals surface area contributed by atoms with Gasteiger partial charge in [-0.15, -0.1) is 0 Å². The average molecular weight is 361 g/mol. The van der Waals surface area contributed by atoms with Gasteiger partial charge in [-0.3, -0.25) is 0 Å². The molecule has 1 aromatic heterocycles. The number of hydrogen-bond acceptors (Lipinski definition) is 4. The predicted octanol–water partition coefficient (Wildman–Crippen LogP) is 4.82. The highest BCUT2D eigenvalue weighted by Gasteiger charge is 2.62. The van der Waals surface area contributed by atoms with Gasteiger partial charge in [0.15, 0.2) is 0 Å². The summed E-state index contributed by atoms with van der Waals surface area (Å²) < 4.78 is 11.0. The Morgan fingerprint density at radius 3 is 2.68 bits per heavy atom. The normalized spacial score (nSPS) is 29.9. The number of carbonyl (C=O) groups is 1. The first-order valence-electron chi connectivity index (χ1n) is 8.67. The van der Waals surface area contributed by atoms with Crippen LogP contribution >= 0.6 is 11.6 Å². The Labute approximate surface area is 151 Å². The highest BCUT2D eigenvalue weighted by atomic mass is 35.5. The van der Waals surface area contributed by atoms with E-state index in [1.54, 1.807) is 18.2 Å². The third kappa shape index (κ3) is 2.34. The Morgan fingerprint density at radius 2 is 2.04 bits per heavy atom. The lowest BCUT2D eigenvalue weighted by molar-refractivity contribution is -0.0245. The number of carbonyl (C=O) groups excluding carboxylic acids is 1. The van der Waals surface area contributed by atoms with Crippen LogP contribution in [0.2, 0.25) is 5.02 Å². The summed E-state index contributed by atoms with van der Waals surface area (Å²) in [5.74, 6) is -0.0488. The maximum atomic E-state index is 12.7. The summed E-state index contributed by atoms with van der Waals surface area (Å²) in [7, 11) is 0. The Balaban J connectivity index is 1.65. The summed E-state index contributed by atoms with van der Waals surface area (Å²) in [6, 6.07) is 6.44. The molecule has 25 heavy (non-hydrogen) atoms. The molecule has 4 nitrogen and oxygen atoms in total. The molecule has 2 saturated carbocycles. The first kappa shape index (κ1) is 16.6. The van der Waals surface area contributed by atoms with Crippen LogP contribution in [0.1, 0.15) is 50.4 Å². The molecule has 5 heteroatoms. The monoisotopic (exact) mass is 360 g/mol. The van der Waals surface area contributed by atoms with Crippen molar-refractivity contribution in [3.05, 3.63) is 45.3 Å². The fourth-order valence-corrected chi connectivity index (χ4v) is 4.92. The zero-order valence-corrected chi connectivity index (χ0v) is 15.4. The maximum Gasteiger partial charge on any atom is 0.351 e. The molecule has 2 aliphatic rings. The van der Waals surface area contributed by atoms with E-state index < -0.39 is 11.6 Å². The Hall–Kier alpha value is -1.81. The van der Waals surface area contributed by atoms with Crippen LogP contribution < -0.4 is 5.63 Å². The van der Waals surface area contributed by atoms with Crippen molar-refractivity contribution in [1.82, 2.24) is 0 Å². The molecule has 2 aromatic rings. The van der Waals surface area contributed by atoms with Crippen LogP contribution in [-0.2, 0) is 4.74 Å². The fraction of sp³-hybridized carbons (Fsp3) is 0.500. The van der Waals surface area contributed by atoms with Gasteiger partial charge in [-0.1, -0.05) is 32.4 Å². The van der Waals surface area contributed by atoms with E-state index in [1.807, 2.05) is 0 Å². The third-order valence-corrected chi connectivity index (χ3v) is 7.11. The molecule has 1 heterocycles. The zero-order chi connectivity index (χ0) is 18.0. The van der Waals surface area contributed by atoms with Crippen molar-refractivity contribution in [3.8, 4) is 0 Å². The van der Waals surface area contributed by atoms with Crippen LogP contribution in [0.3, 0.4) is 0 Å².